The number of benzene rings is 2. The first kappa shape index (κ1) is 50.2. The second-order valence-corrected chi connectivity index (χ2v) is 18.6. The number of carboxylic acid groups (broad SMARTS) is 1. The molecule has 1 unspecified atom stereocenters. The summed E-state index contributed by atoms with van der Waals surface area (Å²) in [7, 11) is 0. The Morgan fingerprint density at radius 2 is 0.934 bits per heavy atom. The maximum Gasteiger partial charge on any atom is 0.317 e. The molecule has 3 aromatic rings. The molecule has 0 saturated heterocycles. The second kappa shape index (κ2) is 32.3. The van der Waals surface area contributed by atoms with Crippen molar-refractivity contribution in [2.45, 2.75) is 219 Å². The molecule has 0 radical (unpaired) electrons. The summed E-state index contributed by atoms with van der Waals surface area (Å²) in [5.74, 6) is -1.52. The van der Waals surface area contributed by atoms with Gasteiger partial charge in [0.2, 0.25) is 0 Å². The molecule has 4 heteroatoms. The highest BCUT2D eigenvalue weighted by Crippen LogP contribution is 2.41. The Morgan fingerprint density at radius 3 is 1.36 bits per heavy atom. The van der Waals surface area contributed by atoms with E-state index in [1.165, 1.54) is 193 Å². The van der Waals surface area contributed by atoms with Gasteiger partial charge < -0.3 is 10.0 Å². The molecular weight excluding hydrogens is 745 g/mol. The normalized spacial score (nSPS) is 14.4. The number of fused-ring (bicyclic) bond motifs is 2. The van der Waals surface area contributed by atoms with Crippen LogP contribution in [0.1, 0.15) is 236 Å². The molecule has 1 aliphatic rings. The SMILES string of the molecule is CCCCCCCCCCCCCCCCCCN(CCCCCCCCCCCCCCCCCC)C1=Cc2nc3ccccc3cc2C(=Cc2ccccc2)C1C(=O)O. The van der Waals surface area contributed by atoms with Gasteiger partial charge in [-0.15, -0.1) is 0 Å². The van der Waals surface area contributed by atoms with Crippen LogP contribution in [0.3, 0.4) is 0 Å². The zero-order valence-corrected chi connectivity index (χ0v) is 39.3. The molecule has 4 nitrogen and oxygen atoms in total. The maximum atomic E-state index is 13.5. The quantitative estimate of drug-likeness (QED) is 0.0588. The van der Waals surface area contributed by atoms with Gasteiger partial charge in [-0.2, -0.15) is 0 Å². The van der Waals surface area contributed by atoms with Gasteiger partial charge in [0, 0.05) is 29.7 Å². The van der Waals surface area contributed by atoms with Crippen molar-refractivity contribution in [3.05, 3.63) is 83.2 Å². The van der Waals surface area contributed by atoms with Gasteiger partial charge in [-0.3, -0.25) is 4.79 Å². The van der Waals surface area contributed by atoms with Crippen molar-refractivity contribution in [1.82, 2.24) is 9.88 Å². The number of carbonyl (C=O) groups is 1. The van der Waals surface area contributed by atoms with Gasteiger partial charge >= 0.3 is 5.97 Å². The highest BCUT2D eigenvalue weighted by atomic mass is 16.4. The number of para-hydroxylation sites is 1. The fraction of sp³-hybridized carbons (Fsp3) is 0.649. The van der Waals surface area contributed by atoms with Crippen molar-refractivity contribution in [2.75, 3.05) is 13.1 Å². The second-order valence-electron chi connectivity index (χ2n) is 18.6. The topological polar surface area (TPSA) is 53.4 Å². The van der Waals surface area contributed by atoms with E-state index in [2.05, 4.69) is 61.2 Å². The summed E-state index contributed by atoms with van der Waals surface area (Å²) in [6.07, 6.45) is 47.5. The molecular formula is C57H88N2O2. The number of unbranched alkanes of at least 4 members (excludes halogenated alkanes) is 30. The molecule has 1 aromatic heterocycles. The van der Waals surface area contributed by atoms with Crippen LogP contribution in [-0.2, 0) is 4.79 Å². The van der Waals surface area contributed by atoms with Crippen LogP contribution in [0, 0.1) is 5.92 Å². The lowest BCUT2D eigenvalue weighted by molar-refractivity contribution is -0.139. The summed E-state index contributed by atoms with van der Waals surface area (Å²) in [5.41, 5.74) is 5.54. The standard InChI is InChI=1S/C57H88N2O2/c1-3-5-7-9-11-13-15-17-19-21-23-25-27-29-31-38-44-59(45-39-32-30-28-26-24-22-20-18-16-14-12-10-8-6-4-2)55-48-54-51(47-50-42-36-37-43-53(50)58-54)52(56(55)57(60)61)46-49-40-34-33-35-41-49/h33-37,40-43,46-48,56H,3-32,38-39,44-45H2,1-2H3,(H,60,61). The van der Waals surface area contributed by atoms with E-state index in [0.29, 0.717) is 0 Å². The van der Waals surface area contributed by atoms with Gasteiger partial charge in [0.15, 0.2) is 0 Å². The van der Waals surface area contributed by atoms with Gasteiger partial charge in [0.1, 0.15) is 5.92 Å². The fourth-order valence-corrected chi connectivity index (χ4v) is 9.51. The van der Waals surface area contributed by atoms with E-state index in [9.17, 15) is 9.90 Å². The molecule has 61 heavy (non-hydrogen) atoms. The molecule has 1 heterocycles. The van der Waals surface area contributed by atoms with Gasteiger partial charge in [-0.25, -0.2) is 4.98 Å². The lowest BCUT2D eigenvalue weighted by Gasteiger charge is -2.35. The van der Waals surface area contributed by atoms with Crippen LogP contribution in [0.2, 0.25) is 0 Å². The molecule has 0 bridgehead atoms. The fourth-order valence-electron chi connectivity index (χ4n) is 9.51. The average molecular weight is 833 g/mol. The van der Waals surface area contributed by atoms with Gasteiger partial charge in [-0.1, -0.05) is 255 Å². The smallest absolute Gasteiger partial charge is 0.317 e. The monoisotopic (exact) mass is 833 g/mol. The van der Waals surface area contributed by atoms with Gasteiger partial charge in [0.05, 0.1) is 11.2 Å². The number of pyridine rings is 1. The summed E-state index contributed by atoms with van der Waals surface area (Å²) < 4.78 is 0. The van der Waals surface area contributed by atoms with Crippen LogP contribution in [0.5, 0.6) is 0 Å². The highest BCUT2D eigenvalue weighted by Gasteiger charge is 2.35. The zero-order chi connectivity index (χ0) is 43.0. The van der Waals surface area contributed by atoms with Crippen molar-refractivity contribution >= 4 is 34.6 Å². The molecule has 338 valence electrons. The third-order valence-electron chi connectivity index (χ3n) is 13.3. The molecule has 0 fully saturated rings. The number of rotatable bonds is 37. The third-order valence-corrected chi connectivity index (χ3v) is 13.3. The highest BCUT2D eigenvalue weighted by molar-refractivity contribution is 6.03. The van der Waals surface area contributed by atoms with Crippen molar-refractivity contribution in [1.29, 1.82) is 0 Å². The molecule has 0 saturated carbocycles. The van der Waals surface area contributed by atoms with E-state index in [-0.39, 0.29) is 0 Å². The summed E-state index contributed by atoms with van der Waals surface area (Å²) in [6.45, 7) is 6.38. The Hall–Kier alpha value is -3.40. The van der Waals surface area contributed by atoms with Crippen molar-refractivity contribution in [2.24, 2.45) is 5.92 Å². The van der Waals surface area contributed by atoms with Crippen LogP contribution in [0.15, 0.2) is 66.4 Å². The lowest BCUT2D eigenvalue weighted by Crippen LogP contribution is -2.35. The van der Waals surface area contributed by atoms with E-state index < -0.39 is 11.9 Å². The predicted molar refractivity (Wildman–Crippen MR) is 266 cm³/mol. The minimum Gasteiger partial charge on any atom is -0.480 e. The first-order valence-corrected chi connectivity index (χ1v) is 26.0. The van der Waals surface area contributed by atoms with Crippen LogP contribution in [0.4, 0.5) is 0 Å². The van der Waals surface area contributed by atoms with Crippen molar-refractivity contribution in [3.63, 3.8) is 0 Å². The van der Waals surface area contributed by atoms with E-state index in [1.54, 1.807) is 0 Å². The Balaban J connectivity index is 1.31. The average Bonchev–Trinajstić information content (AvgIpc) is 3.27. The predicted octanol–water partition coefficient (Wildman–Crippen LogP) is 17.7. The molecule has 2 aromatic carbocycles. The number of hydrogen-bond donors (Lipinski definition) is 1. The molecule has 1 N–H and O–H groups in total. The molecule has 1 atom stereocenters. The number of carboxylic acids is 1. The summed E-state index contributed by atoms with van der Waals surface area (Å²) in [5, 5.41) is 12.1. The molecule has 0 amide bonds. The number of aromatic nitrogens is 1. The van der Waals surface area contributed by atoms with Gasteiger partial charge in [0.25, 0.3) is 0 Å². The van der Waals surface area contributed by atoms with Crippen molar-refractivity contribution in [3.8, 4) is 0 Å². The minimum absolute atomic E-state index is 0.738. The van der Waals surface area contributed by atoms with E-state index >= 15 is 0 Å². The largest absolute Gasteiger partial charge is 0.480 e. The van der Waals surface area contributed by atoms with Crippen molar-refractivity contribution < 1.29 is 9.90 Å². The first-order chi connectivity index (χ1) is 30.1. The molecule has 4 rings (SSSR count). The lowest BCUT2D eigenvalue weighted by atomic mass is 9.81. The van der Waals surface area contributed by atoms with Gasteiger partial charge in [-0.05, 0) is 48.3 Å². The van der Waals surface area contributed by atoms with Crippen LogP contribution < -0.4 is 0 Å². The zero-order valence-electron chi connectivity index (χ0n) is 39.3. The third kappa shape index (κ3) is 20.1. The molecule has 0 spiro atoms. The Labute approximate surface area is 374 Å². The van der Waals surface area contributed by atoms with Crippen LogP contribution in [-0.4, -0.2) is 34.0 Å². The number of nitrogens with zero attached hydrogens (tertiary/aromatic N) is 2. The summed E-state index contributed by atoms with van der Waals surface area (Å²) in [6, 6.07) is 20.6. The first-order valence-electron chi connectivity index (χ1n) is 26.0. The Kier molecular flexibility index (Phi) is 26.6. The van der Waals surface area contributed by atoms with E-state index in [4.69, 9.17) is 4.98 Å². The summed E-state index contributed by atoms with van der Waals surface area (Å²) >= 11 is 0. The Morgan fingerprint density at radius 1 is 0.541 bits per heavy atom. The summed E-state index contributed by atoms with van der Waals surface area (Å²) in [4.78, 5) is 21.1. The van der Waals surface area contributed by atoms with E-state index in [0.717, 1.165) is 64.9 Å². The van der Waals surface area contributed by atoms with Crippen LogP contribution in [0.25, 0.3) is 28.6 Å². The maximum absolute atomic E-state index is 13.5. The number of hydrogen-bond acceptors (Lipinski definition) is 3. The van der Waals surface area contributed by atoms with E-state index in [1.807, 2.05) is 30.3 Å². The number of aliphatic carboxylic acids is 1. The van der Waals surface area contributed by atoms with Crippen LogP contribution >= 0.6 is 0 Å². The molecule has 1 aliphatic carbocycles. The Bertz CT molecular complexity index is 1610. The minimum atomic E-state index is -0.781. The molecule has 0 aliphatic heterocycles.